The van der Waals surface area contributed by atoms with E-state index < -0.39 is 11.5 Å². The topological polar surface area (TPSA) is 73.4 Å². The minimum absolute atomic E-state index is 0.407. The van der Waals surface area contributed by atoms with E-state index >= 15 is 0 Å². The zero-order valence-corrected chi connectivity index (χ0v) is 11.1. The number of nitrogens with two attached hydrogens (primary N) is 1. The molecule has 1 atom stereocenters. The molecule has 2 N–H and O–H groups in total. The summed E-state index contributed by atoms with van der Waals surface area (Å²) >= 11 is 0. The largest absolute Gasteiger partial charge is 0.367 e. The van der Waals surface area contributed by atoms with Gasteiger partial charge in [-0.05, 0) is 13.8 Å². The van der Waals surface area contributed by atoms with Crippen LogP contribution in [0.2, 0.25) is 0 Å². The molecule has 1 aromatic heterocycles. The number of hydrogen-bond acceptors (Lipinski definition) is 4. The maximum Gasteiger partial charge on any atom is 0.250 e. The first-order chi connectivity index (χ1) is 8.42. The Kier molecular flexibility index (Phi) is 3.41. The highest BCUT2D eigenvalue weighted by molar-refractivity contribution is 5.83. The normalized spacial score (nSPS) is 25.3. The van der Waals surface area contributed by atoms with E-state index in [0.717, 1.165) is 18.8 Å². The molecule has 2 rings (SSSR count). The second-order valence-corrected chi connectivity index (χ2v) is 5.03. The number of rotatable bonds is 3. The van der Waals surface area contributed by atoms with Crippen LogP contribution in [0.15, 0.2) is 6.20 Å². The van der Waals surface area contributed by atoms with Crippen LogP contribution in [0.4, 0.5) is 0 Å². The molecule has 1 fully saturated rings. The van der Waals surface area contributed by atoms with Crippen molar-refractivity contribution in [3.8, 4) is 0 Å². The number of aryl methyl sites for hydroxylation is 1. The third kappa shape index (κ3) is 2.39. The molecule has 100 valence electrons. The minimum atomic E-state index is -0.881. The fraction of sp³-hybridized carbons (Fsp3) is 0.667. The molecule has 1 amide bonds. The Hall–Kier alpha value is -1.40. The van der Waals surface area contributed by atoms with Gasteiger partial charge in [-0.3, -0.25) is 14.4 Å². The van der Waals surface area contributed by atoms with Crippen LogP contribution in [-0.4, -0.2) is 45.9 Å². The van der Waals surface area contributed by atoms with Gasteiger partial charge < -0.3 is 10.5 Å². The van der Waals surface area contributed by atoms with Crippen molar-refractivity contribution in [2.24, 2.45) is 12.8 Å². The van der Waals surface area contributed by atoms with Crippen molar-refractivity contribution in [1.82, 2.24) is 14.7 Å². The van der Waals surface area contributed by atoms with Crippen molar-refractivity contribution in [2.45, 2.75) is 26.0 Å². The van der Waals surface area contributed by atoms with E-state index in [-0.39, 0.29) is 0 Å². The van der Waals surface area contributed by atoms with Gasteiger partial charge >= 0.3 is 0 Å². The van der Waals surface area contributed by atoms with E-state index in [0.29, 0.717) is 13.2 Å². The van der Waals surface area contributed by atoms with E-state index in [9.17, 15) is 4.79 Å². The third-order valence-electron chi connectivity index (χ3n) is 3.61. The molecule has 6 nitrogen and oxygen atoms in total. The molecule has 2 heterocycles. The zero-order valence-electron chi connectivity index (χ0n) is 11.1. The summed E-state index contributed by atoms with van der Waals surface area (Å²) in [7, 11) is 1.92. The summed E-state index contributed by atoms with van der Waals surface area (Å²) in [6, 6.07) is 0. The summed E-state index contributed by atoms with van der Waals surface area (Å²) in [5.74, 6) is -0.407. The number of carbonyl (C=O) groups excluding carboxylic acids is 1. The van der Waals surface area contributed by atoms with Crippen molar-refractivity contribution in [1.29, 1.82) is 0 Å². The van der Waals surface area contributed by atoms with Crippen molar-refractivity contribution in [2.75, 3.05) is 19.7 Å². The van der Waals surface area contributed by atoms with Crippen LogP contribution >= 0.6 is 0 Å². The summed E-state index contributed by atoms with van der Waals surface area (Å²) in [6.07, 6.45) is 1.87. The van der Waals surface area contributed by atoms with Gasteiger partial charge in [0.2, 0.25) is 0 Å². The number of amides is 1. The Bertz CT molecular complexity index is 457. The van der Waals surface area contributed by atoms with Crippen LogP contribution in [0.25, 0.3) is 0 Å². The predicted molar refractivity (Wildman–Crippen MR) is 66.8 cm³/mol. The van der Waals surface area contributed by atoms with Gasteiger partial charge in [-0.1, -0.05) is 0 Å². The number of morpholine rings is 1. The lowest BCUT2D eigenvalue weighted by molar-refractivity contribution is -0.153. The number of nitrogens with zero attached hydrogens (tertiary/aromatic N) is 3. The Morgan fingerprint density at radius 3 is 2.94 bits per heavy atom. The first-order valence-electron chi connectivity index (χ1n) is 6.06. The van der Waals surface area contributed by atoms with Gasteiger partial charge in [0.1, 0.15) is 0 Å². The molecule has 18 heavy (non-hydrogen) atoms. The van der Waals surface area contributed by atoms with Gasteiger partial charge in [0, 0.05) is 37.9 Å². The van der Waals surface area contributed by atoms with E-state index in [1.807, 2.05) is 24.9 Å². The minimum Gasteiger partial charge on any atom is -0.367 e. The fourth-order valence-electron chi connectivity index (χ4n) is 2.18. The van der Waals surface area contributed by atoms with E-state index in [1.165, 1.54) is 5.56 Å². The molecule has 1 saturated heterocycles. The Balaban J connectivity index is 2.06. The molecule has 0 bridgehead atoms. The summed E-state index contributed by atoms with van der Waals surface area (Å²) in [5, 5.41) is 4.22. The average Bonchev–Trinajstić information content (AvgIpc) is 2.61. The van der Waals surface area contributed by atoms with Crippen LogP contribution in [0, 0.1) is 6.92 Å². The Morgan fingerprint density at radius 1 is 1.67 bits per heavy atom. The second-order valence-electron chi connectivity index (χ2n) is 5.03. The zero-order chi connectivity index (χ0) is 13.3. The summed E-state index contributed by atoms with van der Waals surface area (Å²) in [4.78, 5) is 13.6. The van der Waals surface area contributed by atoms with Crippen LogP contribution in [0.5, 0.6) is 0 Å². The van der Waals surface area contributed by atoms with Crippen LogP contribution in [-0.2, 0) is 23.1 Å². The SMILES string of the molecule is Cc1c(CN2CCO[C@](C)(C(N)=O)C2)cnn1C. The molecule has 6 heteroatoms. The molecule has 0 spiro atoms. The van der Waals surface area contributed by atoms with Gasteiger partial charge in [0.05, 0.1) is 12.8 Å². The summed E-state index contributed by atoms with van der Waals surface area (Å²) in [6.45, 7) is 6.41. The number of aromatic nitrogens is 2. The number of primary amides is 1. The summed E-state index contributed by atoms with van der Waals surface area (Å²) in [5.41, 5.74) is 6.82. The number of hydrogen-bond donors (Lipinski definition) is 1. The van der Waals surface area contributed by atoms with Crippen LogP contribution < -0.4 is 5.73 Å². The van der Waals surface area contributed by atoms with Gasteiger partial charge in [0.15, 0.2) is 5.60 Å². The monoisotopic (exact) mass is 252 g/mol. The van der Waals surface area contributed by atoms with Crippen molar-refractivity contribution in [3.63, 3.8) is 0 Å². The highest BCUT2D eigenvalue weighted by atomic mass is 16.5. The second kappa shape index (κ2) is 4.70. The highest BCUT2D eigenvalue weighted by Crippen LogP contribution is 2.19. The molecular weight excluding hydrogens is 232 g/mol. The lowest BCUT2D eigenvalue weighted by Gasteiger charge is -2.38. The lowest BCUT2D eigenvalue weighted by Crippen LogP contribution is -2.56. The fourth-order valence-corrected chi connectivity index (χ4v) is 2.18. The Labute approximate surface area is 107 Å². The molecule has 1 aromatic rings. The third-order valence-corrected chi connectivity index (χ3v) is 3.61. The van der Waals surface area contributed by atoms with Gasteiger partial charge in [-0.25, -0.2) is 0 Å². The standard InChI is InChI=1S/C12H20N4O2/c1-9-10(6-14-15(9)3)7-16-4-5-18-12(2,8-16)11(13)17/h6H,4-5,7-8H2,1-3H3,(H2,13,17)/t12-/m0/s1. The lowest BCUT2D eigenvalue weighted by atomic mass is 10.0. The molecule has 1 aliphatic rings. The van der Waals surface area contributed by atoms with E-state index in [1.54, 1.807) is 6.92 Å². The van der Waals surface area contributed by atoms with E-state index in [2.05, 4.69) is 10.00 Å². The molecule has 1 aliphatic heterocycles. The average molecular weight is 252 g/mol. The Morgan fingerprint density at radius 2 is 2.39 bits per heavy atom. The van der Waals surface area contributed by atoms with Crippen molar-refractivity contribution >= 4 is 5.91 Å². The van der Waals surface area contributed by atoms with Crippen LogP contribution in [0.3, 0.4) is 0 Å². The maximum atomic E-state index is 11.4. The van der Waals surface area contributed by atoms with Gasteiger partial charge in [-0.15, -0.1) is 0 Å². The van der Waals surface area contributed by atoms with Gasteiger partial charge in [0.25, 0.3) is 5.91 Å². The molecule has 0 radical (unpaired) electrons. The first kappa shape index (κ1) is 13.0. The number of ether oxygens (including phenoxy) is 1. The van der Waals surface area contributed by atoms with Gasteiger partial charge in [-0.2, -0.15) is 5.10 Å². The molecule has 0 aliphatic carbocycles. The quantitative estimate of drug-likeness (QED) is 0.809. The molecular formula is C12H20N4O2. The summed E-state index contributed by atoms with van der Waals surface area (Å²) < 4.78 is 7.34. The predicted octanol–water partition coefficient (Wildman–Crippen LogP) is -0.195. The number of carbonyl (C=O) groups is 1. The van der Waals surface area contributed by atoms with E-state index in [4.69, 9.17) is 10.5 Å². The van der Waals surface area contributed by atoms with Crippen LogP contribution in [0.1, 0.15) is 18.2 Å². The first-order valence-corrected chi connectivity index (χ1v) is 6.06. The molecule has 0 aromatic carbocycles. The highest BCUT2D eigenvalue weighted by Gasteiger charge is 2.37. The molecule has 0 saturated carbocycles. The van der Waals surface area contributed by atoms with Crippen molar-refractivity contribution < 1.29 is 9.53 Å². The van der Waals surface area contributed by atoms with Crippen molar-refractivity contribution in [3.05, 3.63) is 17.5 Å². The smallest absolute Gasteiger partial charge is 0.250 e. The maximum absolute atomic E-state index is 11.4. The molecule has 0 unspecified atom stereocenters.